The number of hydrogen-bond acceptors (Lipinski definition) is 5. The van der Waals surface area contributed by atoms with Crippen LogP contribution in [0, 0.1) is 0 Å². The Morgan fingerprint density at radius 3 is 2.33 bits per heavy atom. The first kappa shape index (κ1) is 23.6. The minimum atomic E-state index is -0.0935. The maximum absolute atomic E-state index is 6.48. The summed E-state index contributed by atoms with van der Waals surface area (Å²) < 4.78 is 12.8. The van der Waals surface area contributed by atoms with Gasteiger partial charge in [0.25, 0.3) is 0 Å². The fourth-order valence-electron chi connectivity index (χ4n) is 4.27. The Morgan fingerprint density at radius 1 is 0.889 bits per heavy atom. The van der Waals surface area contributed by atoms with Crippen LogP contribution in [0.3, 0.4) is 0 Å². The number of anilines is 1. The highest BCUT2D eigenvalue weighted by molar-refractivity contribution is 6.07. The predicted octanol–water partition coefficient (Wildman–Crippen LogP) is 7.10. The van der Waals surface area contributed by atoms with Gasteiger partial charge in [0.2, 0.25) is 5.71 Å². The van der Waals surface area contributed by atoms with E-state index in [1.807, 2.05) is 80.5 Å². The van der Waals surface area contributed by atoms with Gasteiger partial charge in [0, 0.05) is 24.0 Å². The molecular formula is C31H31N3O2. The van der Waals surface area contributed by atoms with Gasteiger partial charge in [0.05, 0.1) is 10.9 Å². The summed E-state index contributed by atoms with van der Waals surface area (Å²) in [4.78, 5) is 6.64. The Hall–Kier alpha value is -4.09. The van der Waals surface area contributed by atoms with Crippen LogP contribution in [0.15, 0.2) is 102 Å². The van der Waals surface area contributed by atoms with Crippen molar-refractivity contribution in [2.24, 2.45) is 0 Å². The Morgan fingerprint density at radius 2 is 1.58 bits per heavy atom. The van der Waals surface area contributed by atoms with Gasteiger partial charge in [-0.05, 0) is 56.8 Å². The van der Waals surface area contributed by atoms with Gasteiger partial charge in [-0.3, -0.25) is 4.90 Å². The van der Waals surface area contributed by atoms with E-state index < -0.39 is 0 Å². The molecule has 1 N–H and O–H groups in total. The van der Waals surface area contributed by atoms with Crippen molar-refractivity contribution in [3.63, 3.8) is 0 Å². The highest BCUT2D eigenvalue weighted by Gasteiger charge is 2.24. The van der Waals surface area contributed by atoms with Gasteiger partial charge in [0.1, 0.15) is 17.7 Å². The number of pyridine rings is 1. The van der Waals surface area contributed by atoms with Crippen molar-refractivity contribution in [2.45, 2.75) is 19.6 Å². The standard InChI is InChI=1S/C31H31N3O2/c1-22(34(2)3)35-27-17-11-10-16-25(27)30-28(24-14-8-5-9-15-24)29-26(19-21-33-31(29)36-30)32-20-18-23-12-6-4-7-13-23/h4-17,19,21-22H,18,20H2,1-3H3,(H,32,33). The van der Waals surface area contributed by atoms with Gasteiger partial charge in [-0.15, -0.1) is 0 Å². The molecule has 0 spiro atoms. The summed E-state index contributed by atoms with van der Waals surface area (Å²) in [6.45, 7) is 2.84. The maximum Gasteiger partial charge on any atom is 0.229 e. The van der Waals surface area contributed by atoms with Crippen LogP contribution in [0.2, 0.25) is 0 Å². The summed E-state index contributed by atoms with van der Waals surface area (Å²) in [5.41, 5.74) is 5.88. The molecule has 182 valence electrons. The summed E-state index contributed by atoms with van der Waals surface area (Å²) >= 11 is 0. The van der Waals surface area contributed by atoms with Crippen LogP contribution in [0.25, 0.3) is 33.6 Å². The molecule has 0 saturated carbocycles. The second-order valence-electron chi connectivity index (χ2n) is 9.05. The van der Waals surface area contributed by atoms with Crippen LogP contribution in [0.4, 0.5) is 5.69 Å². The van der Waals surface area contributed by atoms with Crippen molar-refractivity contribution < 1.29 is 9.15 Å². The number of benzene rings is 3. The third-order valence-electron chi connectivity index (χ3n) is 6.38. The first-order valence-corrected chi connectivity index (χ1v) is 12.3. The van der Waals surface area contributed by atoms with Gasteiger partial charge in [-0.25, -0.2) is 4.98 Å². The molecule has 1 atom stereocenters. The summed E-state index contributed by atoms with van der Waals surface area (Å²) in [6.07, 6.45) is 2.63. The van der Waals surface area contributed by atoms with E-state index in [0.717, 1.165) is 52.2 Å². The SMILES string of the molecule is CC(Oc1ccccc1-c1oc2nccc(NCCc3ccccc3)c2c1-c1ccccc1)N(C)C. The Balaban J connectivity index is 1.61. The zero-order chi connectivity index (χ0) is 24.9. The molecule has 0 bridgehead atoms. The fourth-order valence-corrected chi connectivity index (χ4v) is 4.27. The molecule has 5 aromatic rings. The molecule has 2 aromatic heterocycles. The van der Waals surface area contributed by atoms with Crippen molar-refractivity contribution >= 4 is 16.8 Å². The van der Waals surface area contributed by atoms with Gasteiger partial charge in [0.15, 0.2) is 0 Å². The fraction of sp³-hybridized carbons (Fsp3) is 0.194. The molecule has 0 aliphatic heterocycles. The third kappa shape index (κ3) is 4.97. The zero-order valence-corrected chi connectivity index (χ0v) is 20.9. The van der Waals surface area contributed by atoms with E-state index in [9.17, 15) is 0 Å². The quantitative estimate of drug-likeness (QED) is 0.229. The number of nitrogens with zero attached hydrogens (tertiary/aromatic N) is 2. The molecule has 0 radical (unpaired) electrons. The highest BCUT2D eigenvalue weighted by atomic mass is 16.5. The highest BCUT2D eigenvalue weighted by Crippen LogP contribution is 2.45. The molecule has 5 rings (SSSR count). The molecule has 0 aliphatic carbocycles. The molecule has 0 aliphatic rings. The molecule has 5 heteroatoms. The third-order valence-corrected chi connectivity index (χ3v) is 6.38. The number of rotatable bonds is 9. The second-order valence-corrected chi connectivity index (χ2v) is 9.05. The largest absolute Gasteiger partial charge is 0.475 e. The lowest BCUT2D eigenvalue weighted by atomic mass is 9.98. The summed E-state index contributed by atoms with van der Waals surface area (Å²) in [5, 5.41) is 4.61. The first-order valence-electron chi connectivity index (χ1n) is 12.3. The second kappa shape index (κ2) is 10.7. The number of aromatic nitrogens is 1. The van der Waals surface area contributed by atoms with E-state index in [1.54, 1.807) is 6.20 Å². The van der Waals surface area contributed by atoms with Crippen LogP contribution in [0.1, 0.15) is 12.5 Å². The minimum absolute atomic E-state index is 0.0935. The van der Waals surface area contributed by atoms with Crippen LogP contribution in [-0.2, 0) is 6.42 Å². The molecule has 3 aromatic carbocycles. The summed E-state index contributed by atoms with van der Waals surface area (Å²) in [5.74, 6) is 1.52. The average Bonchev–Trinajstić information content (AvgIpc) is 3.30. The maximum atomic E-state index is 6.48. The lowest BCUT2D eigenvalue weighted by Crippen LogP contribution is -2.30. The topological polar surface area (TPSA) is 50.5 Å². The lowest BCUT2D eigenvalue weighted by Gasteiger charge is -2.22. The molecule has 5 nitrogen and oxygen atoms in total. The van der Waals surface area contributed by atoms with Gasteiger partial charge < -0.3 is 14.5 Å². The average molecular weight is 478 g/mol. The van der Waals surface area contributed by atoms with Gasteiger partial charge >= 0.3 is 0 Å². The smallest absolute Gasteiger partial charge is 0.229 e. The first-order chi connectivity index (χ1) is 17.6. The number of furan rings is 1. The molecule has 2 heterocycles. The molecule has 36 heavy (non-hydrogen) atoms. The Labute approximate surface area is 212 Å². The predicted molar refractivity (Wildman–Crippen MR) is 147 cm³/mol. The summed E-state index contributed by atoms with van der Waals surface area (Å²) in [6, 6.07) is 30.9. The number of hydrogen-bond donors (Lipinski definition) is 1. The molecule has 0 amide bonds. The van der Waals surface area contributed by atoms with Crippen LogP contribution < -0.4 is 10.1 Å². The van der Waals surface area contributed by atoms with Crippen LogP contribution in [0.5, 0.6) is 5.75 Å². The van der Waals surface area contributed by atoms with Gasteiger partial charge in [-0.1, -0.05) is 72.8 Å². The van der Waals surface area contributed by atoms with Crippen molar-refractivity contribution in [1.82, 2.24) is 9.88 Å². The van der Waals surface area contributed by atoms with Crippen molar-refractivity contribution in [3.8, 4) is 28.2 Å². The molecule has 0 fully saturated rings. The molecule has 1 unspecified atom stereocenters. The van der Waals surface area contributed by atoms with E-state index in [-0.39, 0.29) is 6.23 Å². The van der Waals surface area contributed by atoms with E-state index >= 15 is 0 Å². The van der Waals surface area contributed by atoms with E-state index in [4.69, 9.17) is 9.15 Å². The monoisotopic (exact) mass is 477 g/mol. The van der Waals surface area contributed by atoms with E-state index in [2.05, 4.69) is 46.7 Å². The summed E-state index contributed by atoms with van der Waals surface area (Å²) in [7, 11) is 4.00. The van der Waals surface area contributed by atoms with Crippen LogP contribution in [-0.4, -0.2) is 36.8 Å². The number of nitrogens with one attached hydrogen (secondary N) is 1. The Kier molecular flexibility index (Phi) is 7.01. The van der Waals surface area contributed by atoms with Crippen LogP contribution >= 0.6 is 0 Å². The van der Waals surface area contributed by atoms with Gasteiger partial charge in [-0.2, -0.15) is 0 Å². The van der Waals surface area contributed by atoms with E-state index in [1.165, 1.54) is 5.56 Å². The molecular weight excluding hydrogens is 446 g/mol. The van der Waals surface area contributed by atoms with E-state index in [0.29, 0.717) is 5.71 Å². The molecule has 0 saturated heterocycles. The lowest BCUT2D eigenvalue weighted by molar-refractivity contribution is 0.0820. The number of para-hydroxylation sites is 1. The van der Waals surface area contributed by atoms with Crippen molar-refractivity contribution in [2.75, 3.05) is 26.0 Å². The zero-order valence-electron chi connectivity index (χ0n) is 20.9. The number of fused-ring (bicyclic) bond motifs is 1. The van der Waals surface area contributed by atoms with Crippen molar-refractivity contribution in [3.05, 3.63) is 103 Å². The normalized spacial score (nSPS) is 12.1. The number of ether oxygens (including phenoxy) is 1. The van der Waals surface area contributed by atoms with Crippen molar-refractivity contribution in [1.29, 1.82) is 0 Å². The minimum Gasteiger partial charge on any atom is -0.475 e. The Bertz CT molecular complexity index is 1430.